The third-order valence-electron chi connectivity index (χ3n) is 8.88. The fourth-order valence-corrected chi connectivity index (χ4v) is 7.13. The van der Waals surface area contributed by atoms with Crippen molar-refractivity contribution in [3.05, 3.63) is 35.5 Å². The van der Waals surface area contributed by atoms with Crippen LogP contribution in [-0.4, -0.2) is 53.4 Å². The molecule has 5 heteroatoms. The lowest BCUT2D eigenvalue weighted by atomic mass is 9.61. The normalized spacial score (nSPS) is 41.1. The van der Waals surface area contributed by atoms with Crippen molar-refractivity contribution >= 4 is 0 Å². The molecule has 0 amide bonds. The minimum atomic E-state index is -2.18. The van der Waals surface area contributed by atoms with Crippen molar-refractivity contribution in [2.45, 2.75) is 77.4 Å². The van der Waals surface area contributed by atoms with Crippen molar-refractivity contribution in [2.24, 2.45) is 29.1 Å². The Hall–Kier alpha value is -1.04. The molecular formula is C26H39F2NO2. The van der Waals surface area contributed by atoms with Crippen molar-refractivity contribution in [1.29, 1.82) is 0 Å². The van der Waals surface area contributed by atoms with Crippen LogP contribution in [0.2, 0.25) is 0 Å². The van der Waals surface area contributed by atoms with Gasteiger partial charge in [0.25, 0.3) is 0 Å². The Morgan fingerprint density at radius 3 is 2.68 bits per heavy atom. The van der Waals surface area contributed by atoms with Crippen molar-refractivity contribution in [3.8, 4) is 0 Å². The van der Waals surface area contributed by atoms with Gasteiger partial charge in [0.1, 0.15) is 0 Å². The highest BCUT2D eigenvalue weighted by Crippen LogP contribution is 2.59. The van der Waals surface area contributed by atoms with E-state index in [1.807, 2.05) is 0 Å². The topological polar surface area (TPSA) is 43.7 Å². The van der Waals surface area contributed by atoms with Gasteiger partial charge in [-0.25, -0.2) is 8.78 Å². The maximum absolute atomic E-state index is 12.8. The number of aliphatic hydroxyl groups is 2. The molecule has 2 N–H and O–H groups in total. The fourth-order valence-electron chi connectivity index (χ4n) is 7.13. The van der Waals surface area contributed by atoms with Crippen LogP contribution in [0.15, 0.2) is 35.5 Å². The number of rotatable bonds is 5. The summed E-state index contributed by atoms with van der Waals surface area (Å²) in [6.45, 7) is 10.9. The maximum atomic E-state index is 12.8. The molecule has 3 nitrogen and oxygen atoms in total. The molecule has 4 fully saturated rings. The standard InChI is InChI=1S/C26H39F2NO2/c1-16(13-29-14-20(15-29)25(27)28)22-8-9-23-18(5-4-10-26(22,23)3)6-7-19-11-21(30)12-24(31)17(19)2/h6-7,16,20-25,30-31H,2,4-5,8-15H2,1,3H3/b18-6+,19-7-/t16-,21?,22-,23+,24?,26-/m1/s1. The van der Waals surface area contributed by atoms with Gasteiger partial charge in [-0.1, -0.05) is 38.2 Å². The molecule has 2 unspecified atom stereocenters. The summed E-state index contributed by atoms with van der Waals surface area (Å²) in [6, 6.07) is 0. The van der Waals surface area contributed by atoms with E-state index in [1.54, 1.807) is 0 Å². The van der Waals surface area contributed by atoms with Crippen molar-refractivity contribution in [2.75, 3.05) is 19.6 Å². The quantitative estimate of drug-likeness (QED) is 0.641. The smallest absolute Gasteiger partial charge is 0.243 e. The molecule has 31 heavy (non-hydrogen) atoms. The van der Waals surface area contributed by atoms with Gasteiger partial charge in [0.05, 0.1) is 12.2 Å². The number of allylic oxidation sites excluding steroid dienone is 3. The Labute approximate surface area is 185 Å². The van der Waals surface area contributed by atoms with E-state index in [2.05, 4.69) is 37.5 Å². The number of nitrogens with zero attached hydrogens (tertiary/aromatic N) is 1. The number of hydrogen-bond acceptors (Lipinski definition) is 3. The monoisotopic (exact) mass is 435 g/mol. The average Bonchev–Trinajstić information content (AvgIpc) is 3.03. The summed E-state index contributed by atoms with van der Waals surface area (Å²) < 4.78 is 25.6. The molecule has 0 aromatic carbocycles. The number of fused-ring (bicyclic) bond motifs is 1. The predicted molar refractivity (Wildman–Crippen MR) is 120 cm³/mol. The summed E-state index contributed by atoms with van der Waals surface area (Å²) in [5.74, 6) is 1.30. The van der Waals surface area contributed by atoms with Gasteiger partial charge < -0.3 is 15.1 Å². The van der Waals surface area contributed by atoms with E-state index in [0.29, 0.717) is 43.7 Å². The zero-order valence-electron chi connectivity index (χ0n) is 19.1. The first-order valence-electron chi connectivity index (χ1n) is 12.1. The Kier molecular flexibility index (Phi) is 6.77. The van der Waals surface area contributed by atoms with Crippen molar-refractivity contribution in [1.82, 2.24) is 4.90 Å². The Morgan fingerprint density at radius 2 is 1.97 bits per heavy atom. The number of hydrogen-bond donors (Lipinski definition) is 2. The summed E-state index contributed by atoms with van der Waals surface area (Å²) >= 11 is 0. The van der Waals surface area contributed by atoms with E-state index in [-0.39, 0.29) is 5.41 Å². The largest absolute Gasteiger partial charge is 0.393 e. The molecule has 1 heterocycles. The van der Waals surface area contributed by atoms with Crippen LogP contribution in [0.1, 0.15) is 58.8 Å². The van der Waals surface area contributed by atoms with E-state index in [4.69, 9.17) is 0 Å². The number of alkyl halides is 2. The van der Waals surface area contributed by atoms with E-state index in [1.165, 1.54) is 31.3 Å². The molecule has 4 aliphatic rings. The van der Waals surface area contributed by atoms with Gasteiger partial charge in [0, 0.05) is 32.0 Å². The first-order valence-corrected chi connectivity index (χ1v) is 12.1. The first kappa shape index (κ1) is 23.1. The van der Waals surface area contributed by atoms with Crippen LogP contribution in [0.4, 0.5) is 8.78 Å². The van der Waals surface area contributed by atoms with Crippen LogP contribution < -0.4 is 0 Å². The molecule has 3 saturated carbocycles. The zero-order valence-corrected chi connectivity index (χ0v) is 19.1. The predicted octanol–water partition coefficient (Wildman–Crippen LogP) is 4.96. The van der Waals surface area contributed by atoms with Crippen LogP contribution in [0.5, 0.6) is 0 Å². The molecule has 4 rings (SSSR count). The fraction of sp³-hybridized carbons (Fsp3) is 0.769. The molecule has 0 radical (unpaired) electrons. The van der Waals surface area contributed by atoms with Gasteiger partial charge in [0.2, 0.25) is 6.43 Å². The van der Waals surface area contributed by atoms with Crippen LogP contribution in [0.25, 0.3) is 0 Å². The van der Waals surface area contributed by atoms with E-state index in [0.717, 1.165) is 24.1 Å². The second kappa shape index (κ2) is 9.07. The van der Waals surface area contributed by atoms with Gasteiger partial charge in [-0.2, -0.15) is 0 Å². The number of halogens is 2. The molecular weight excluding hydrogens is 396 g/mol. The maximum Gasteiger partial charge on any atom is 0.243 e. The molecule has 6 atom stereocenters. The van der Waals surface area contributed by atoms with E-state index < -0.39 is 24.6 Å². The molecule has 0 bridgehead atoms. The summed E-state index contributed by atoms with van der Waals surface area (Å²) in [5.41, 5.74) is 3.49. The second-order valence-electron chi connectivity index (χ2n) is 11.0. The third-order valence-corrected chi connectivity index (χ3v) is 8.88. The van der Waals surface area contributed by atoms with Gasteiger partial charge in [0.15, 0.2) is 0 Å². The molecule has 1 saturated heterocycles. The summed E-state index contributed by atoms with van der Waals surface area (Å²) in [6.07, 6.45) is 7.93. The summed E-state index contributed by atoms with van der Waals surface area (Å²) in [7, 11) is 0. The van der Waals surface area contributed by atoms with Crippen LogP contribution in [0.3, 0.4) is 0 Å². The van der Waals surface area contributed by atoms with Gasteiger partial charge in [-0.3, -0.25) is 0 Å². The average molecular weight is 436 g/mol. The van der Waals surface area contributed by atoms with Crippen LogP contribution in [0, 0.1) is 29.1 Å². The lowest BCUT2D eigenvalue weighted by Crippen LogP contribution is -2.52. The van der Waals surface area contributed by atoms with E-state index in [9.17, 15) is 19.0 Å². The zero-order chi connectivity index (χ0) is 22.3. The second-order valence-corrected chi connectivity index (χ2v) is 11.0. The first-order chi connectivity index (χ1) is 14.7. The minimum absolute atomic E-state index is 0.275. The molecule has 0 aromatic heterocycles. The highest BCUT2D eigenvalue weighted by Gasteiger charge is 2.51. The molecule has 174 valence electrons. The molecule has 0 aromatic rings. The van der Waals surface area contributed by atoms with Gasteiger partial charge >= 0.3 is 0 Å². The Balaban J connectivity index is 1.43. The summed E-state index contributed by atoms with van der Waals surface area (Å²) in [5, 5.41) is 20.1. The number of likely N-dealkylation sites (tertiary alicyclic amines) is 1. The highest BCUT2D eigenvalue weighted by atomic mass is 19.3. The van der Waals surface area contributed by atoms with Gasteiger partial charge in [-0.05, 0) is 72.8 Å². The third kappa shape index (κ3) is 4.56. The summed E-state index contributed by atoms with van der Waals surface area (Å²) in [4.78, 5) is 2.22. The number of aliphatic hydroxyl groups excluding tert-OH is 2. The van der Waals surface area contributed by atoms with Crippen molar-refractivity contribution in [3.63, 3.8) is 0 Å². The van der Waals surface area contributed by atoms with Crippen LogP contribution >= 0.6 is 0 Å². The van der Waals surface area contributed by atoms with E-state index >= 15 is 0 Å². The lowest BCUT2D eigenvalue weighted by molar-refractivity contribution is -0.0381. The van der Waals surface area contributed by atoms with Crippen molar-refractivity contribution < 1.29 is 19.0 Å². The van der Waals surface area contributed by atoms with Crippen LogP contribution in [-0.2, 0) is 0 Å². The minimum Gasteiger partial charge on any atom is -0.393 e. The highest BCUT2D eigenvalue weighted by molar-refractivity contribution is 5.38. The Morgan fingerprint density at radius 1 is 1.23 bits per heavy atom. The molecule has 3 aliphatic carbocycles. The Bertz CT molecular complexity index is 742. The lowest BCUT2D eigenvalue weighted by Gasteiger charge is -2.47. The van der Waals surface area contributed by atoms with Gasteiger partial charge in [-0.15, -0.1) is 0 Å². The molecule has 1 aliphatic heterocycles. The SMILES string of the molecule is C=C1/C(=C\C=C2/CCC[C@]3(C)[C@@H]([C@H](C)CN4CC(C(F)F)C4)CC[C@@H]23)CC(O)CC1O. The molecule has 0 spiro atoms.